The number of anilines is 1. The van der Waals surface area contributed by atoms with Crippen molar-refractivity contribution in [2.75, 3.05) is 31.3 Å². The fourth-order valence-corrected chi connectivity index (χ4v) is 3.82. The van der Waals surface area contributed by atoms with Crippen LogP contribution in [-0.4, -0.2) is 43.9 Å². The number of aliphatic imine (C=N–C) groups is 1. The van der Waals surface area contributed by atoms with E-state index < -0.39 is 0 Å². The van der Waals surface area contributed by atoms with Crippen LogP contribution >= 0.6 is 35.7 Å². The van der Waals surface area contributed by atoms with E-state index in [2.05, 4.69) is 33.1 Å². The van der Waals surface area contributed by atoms with Gasteiger partial charge in [-0.1, -0.05) is 30.3 Å². The summed E-state index contributed by atoms with van der Waals surface area (Å²) >= 11 is 1.81. The van der Waals surface area contributed by atoms with Gasteiger partial charge in [0.25, 0.3) is 5.91 Å². The number of hydrogen-bond donors (Lipinski definition) is 3. The van der Waals surface area contributed by atoms with Gasteiger partial charge in [0.15, 0.2) is 5.96 Å². The molecule has 2 aromatic carbocycles. The molecule has 3 rings (SSSR count). The van der Waals surface area contributed by atoms with E-state index >= 15 is 0 Å². The molecule has 1 atom stereocenters. The van der Waals surface area contributed by atoms with E-state index in [1.165, 1.54) is 4.90 Å². The third kappa shape index (κ3) is 8.16. The van der Waals surface area contributed by atoms with Crippen LogP contribution in [0.15, 0.2) is 64.5 Å². The number of benzene rings is 2. The first-order valence-electron chi connectivity index (χ1n) is 9.88. The van der Waals surface area contributed by atoms with Gasteiger partial charge in [0.05, 0.1) is 0 Å². The Balaban J connectivity index is 0.00000320. The average Bonchev–Trinajstić information content (AvgIpc) is 3.29. The molecule has 1 heterocycles. The van der Waals surface area contributed by atoms with Crippen molar-refractivity contribution >= 4 is 53.3 Å². The molecular formula is C22H29IN4O2S. The van der Waals surface area contributed by atoms with Gasteiger partial charge >= 0.3 is 0 Å². The Bertz CT molecular complexity index is 814. The Morgan fingerprint density at radius 2 is 2.00 bits per heavy atom. The molecule has 0 bridgehead atoms. The maximum atomic E-state index is 12.2. The molecule has 0 spiro atoms. The van der Waals surface area contributed by atoms with Crippen molar-refractivity contribution in [2.24, 2.45) is 4.99 Å². The summed E-state index contributed by atoms with van der Waals surface area (Å²) < 4.78 is 5.44. The van der Waals surface area contributed by atoms with Crippen LogP contribution in [0.4, 0.5) is 5.69 Å². The van der Waals surface area contributed by atoms with Gasteiger partial charge in [-0.3, -0.25) is 9.79 Å². The van der Waals surface area contributed by atoms with Crippen LogP contribution in [0, 0.1) is 0 Å². The highest BCUT2D eigenvalue weighted by molar-refractivity contribution is 14.0. The van der Waals surface area contributed by atoms with Crippen LogP contribution in [0.5, 0.6) is 0 Å². The highest BCUT2D eigenvalue weighted by Crippen LogP contribution is 2.17. The number of carbonyl (C=O) groups excluding carboxylic acids is 1. The van der Waals surface area contributed by atoms with Gasteiger partial charge in [-0.2, -0.15) is 0 Å². The first-order valence-corrected chi connectivity index (χ1v) is 10.9. The molecule has 0 aliphatic carbocycles. The van der Waals surface area contributed by atoms with Gasteiger partial charge in [0, 0.05) is 43.1 Å². The summed E-state index contributed by atoms with van der Waals surface area (Å²) in [6, 6.07) is 18.2. The van der Waals surface area contributed by atoms with Gasteiger partial charge in [-0.25, -0.2) is 0 Å². The van der Waals surface area contributed by atoms with E-state index in [4.69, 9.17) is 4.74 Å². The summed E-state index contributed by atoms with van der Waals surface area (Å²) in [6.07, 6.45) is 1.41. The van der Waals surface area contributed by atoms with Crippen molar-refractivity contribution in [3.05, 3.63) is 60.2 Å². The van der Waals surface area contributed by atoms with Crippen molar-refractivity contribution < 1.29 is 9.53 Å². The smallest absolute Gasteiger partial charge is 0.253 e. The maximum absolute atomic E-state index is 12.2. The lowest BCUT2D eigenvalue weighted by molar-refractivity contribution is -0.124. The number of carbonyl (C=O) groups is 1. The largest absolute Gasteiger partial charge is 0.368 e. The van der Waals surface area contributed by atoms with Crippen LogP contribution < -0.4 is 16.0 Å². The first kappa shape index (κ1) is 24.5. The maximum Gasteiger partial charge on any atom is 0.253 e. The van der Waals surface area contributed by atoms with Gasteiger partial charge in [0.2, 0.25) is 0 Å². The summed E-state index contributed by atoms with van der Waals surface area (Å²) in [5.74, 6) is 1.64. The van der Waals surface area contributed by atoms with E-state index in [9.17, 15) is 4.79 Å². The highest BCUT2D eigenvalue weighted by Gasteiger charge is 2.23. The van der Waals surface area contributed by atoms with Crippen molar-refractivity contribution in [2.45, 2.75) is 30.4 Å². The molecule has 30 heavy (non-hydrogen) atoms. The lowest BCUT2D eigenvalue weighted by Gasteiger charge is -2.13. The second kappa shape index (κ2) is 13.5. The SMILES string of the molecule is CN=C(NCCSc1ccccc1)NCc1cccc(NC(=O)C2CCCO2)c1.I. The molecule has 1 unspecified atom stereocenters. The molecule has 1 amide bonds. The molecule has 0 aromatic heterocycles. The zero-order valence-electron chi connectivity index (χ0n) is 17.1. The Morgan fingerprint density at radius 1 is 1.17 bits per heavy atom. The summed E-state index contributed by atoms with van der Waals surface area (Å²) in [7, 11) is 1.76. The molecule has 1 saturated heterocycles. The summed E-state index contributed by atoms with van der Waals surface area (Å²) in [5, 5.41) is 9.58. The molecule has 3 N–H and O–H groups in total. The molecule has 6 nitrogen and oxygen atoms in total. The topological polar surface area (TPSA) is 74.8 Å². The minimum Gasteiger partial charge on any atom is -0.368 e. The van der Waals surface area contributed by atoms with Crippen molar-refractivity contribution in [3.63, 3.8) is 0 Å². The van der Waals surface area contributed by atoms with E-state index in [1.807, 2.05) is 54.2 Å². The summed E-state index contributed by atoms with van der Waals surface area (Å²) in [5.41, 5.74) is 1.85. The number of hydrogen-bond acceptors (Lipinski definition) is 4. The average molecular weight is 540 g/mol. The van der Waals surface area contributed by atoms with E-state index in [0.29, 0.717) is 13.2 Å². The number of amides is 1. The quantitative estimate of drug-likeness (QED) is 0.156. The van der Waals surface area contributed by atoms with Gasteiger partial charge < -0.3 is 20.7 Å². The van der Waals surface area contributed by atoms with Gasteiger partial charge in [-0.05, 0) is 42.7 Å². The lowest BCUT2D eigenvalue weighted by atomic mass is 10.2. The summed E-state index contributed by atoms with van der Waals surface area (Å²) in [4.78, 5) is 17.7. The second-order valence-electron chi connectivity index (χ2n) is 6.71. The molecule has 0 radical (unpaired) electrons. The number of rotatable bonds is 8. The number of nitrogens with one attached hydrogen (secondary N) is 3. The van der Waals surface area contributed by atoms with Gasteiger partial charge in [0.1, 0.15) is 6.10 Å². The molecule has 1 fully saturated rings. The fraction of sp³-hybridized carbons (Fsp3) is 0.364. The molecule has 162 valence electrons. The normalized spacial score (nSPS) is 15.9. The lowest BCUT2D eigenvalue weighted by Crippen LogP contribution is -2.37. The van der Waals surface area contributed by atoms with Crippen molar-refractivity contribution in [1.29, 1.82) is 0 Å². The number of halogens is 1. The van der Waals surface area contributed by atoms with E-state index in [0.717, 1.165) is 42.3 Å². The van der Waals surface area contributed by atoms with E-state index in [-0.39, 0.29) is 36.0 Å². The van der Waals surface area contributed by atoms with Crippen LogP contribution in [0.3, 0.4) is 0 Å². The predicted molar refractivity (Wildman–Crippen MR) is 135 cm³/mol. The van der Waals surface area contributed by atoms with E-state index in [1.54, 1.807) is 7.05 Å². The van der Waals surface area contributed by atoms with Crippen LogP contribution in [0.25, 0.3) is 0 Å². The van der Waals surface area contributed by atoms with Gasteiger partial charge in [-0.15, -0.1) is 35.7 Å². The van der Waals surface area contributed by atoms with Crippen LogP contribution in [0.1, 0.15) is 18.4 Å². The highest BCUT2D eigenvalue weighted by atomic mass is 127. The Kier molecular flexibility index (Phi) is 11.0. The molecular weight excluding hydrogens is 511 g/mol. The molecule has 1 aliphatic rings. The molecule has 1 aliphatic heterocycles. The third-order valence-corrected chi connectivity index (χ3v) is 5.52. The van der Waals surface area contributed by atoms with Crippen LogP contribution in [-0.2, 0) is 16.1 Å². The number of ether oxygens (including phenoxy) is 1. The zero-order valence-corrected chi connectivity index (χ0v) is 20.2. The minimum absolute atomic E-state index is 0. The summed E-state index contributed by atoms with van der Waals surface area (Å²) in [6.45, 7) is 2.10. The zero-order chi connectivity index (χ0) is 20.3. The molecule has 2 aromatic rings. The standard InChI is InChI=1S/C22H28N4O2S.HI/c1-23-22(24-12-14-29-19-9-3-2-4-10-19)25-16-17-7-5-8-18(15-17)26-21(27)20-11-6-13-28-20;/h2-5,7-10,15,20H,6,11-14,16H2,1H3,(H,26,27)(H2,23,24,25);1H. The van der Waals surface area contributed by atoms with Crippen molar-refractivity contribution in [3.8, 4) is 0 Å². The molecule has 0 saturated carbocycles. The number of nitrogens with zero attached hydrogens (tertiary/aromatic N) is 1. The van der Waals surface area contributed by atoms with Crippen LogP contribution in [0.2, 0.25) is 0 Å². The fourth-order valence-electron chi connectivity index (χ4n) is 3.03. The van der Waals surface area contributed by atoms with Crippen molar-refractivity contribution in [1.82, 2.24) is 10.6 Å². The number of thioether (sulfide) groups is 1. The third-order valence-electron chi connectivity index (χ3n) is 4.51. The molecule has 8 heteroatoms. The Labute approximate surface area is 199 Å². The predicted octanol–water partition coefficient (Wildman–Crippen LogP) is 3.88. The first-order chi connectivity index (χ1) is 14.2. The minimum atomic E-state index is -0.325. The Morgan fingerprint density at radius 3 is 2.73 bits per heavy atom. The monoisotopic (exact) mass is 540 g/mol. The number of guanidine groups is 1. The Hall–Kier alpha value is -1.78. The second-order valence-corrected chi connectivity index (χ2v) is 7.87.